The quantitative estimate of drug-likeness (QED) is 0.434. The molecule has 15 heavy (non-hydrogen) atoms. The minimum absolute atomic E-state index is 0.413. The first-order valence-electron chi connectivity index (χ1n) is 6.76. The van der Waals surface area contributed by atoms with Gasteiger partial charge in [-0.25, -0.2) is 0 Å². The lowest BCUT2D eigenvalue weighted by atomic mass is 10.0. The zero-order chi connectivity index (χ0) is 11.4. The Hall–Kier alpha value is -0.0400. The first kappa shape index (κ1) is 15.0. The zero-order valence-electron chi connectivity index (χ0n) is 10.8. The van der Waals surface area contributed by atoms with Crippen LogP contribution in [0.2, 0.25) is 0 Å². The second-order valence-electron chi connectivity index (χ2n) is 4.49. The molecule has 0 rings (SSSR count). The Kier molecular flexibility index (Phi) is 12.0. The summed E-state index contributed by atoms with van der Waals surface area (Å²) in [4.78, 5) is 0. The average molecular weight is 213 g/mol. The van der Waals surface area contributed by atoms with Crippen LogP contribution in [0, 0.1) is 7.11 Å². The Morgan fingerprint density at radius 3 is 1.93 bits per heavy atom. The van der Waals surface area contributed by atoms with E-state index in [4.69, 9.17) is 4.74 Å². The summed E-state index contributed by atoms with van der Waals surface area (Å²) in [5.41, 5.74) is 0. The smallest absolute Gasteiger partial charge is 0.0704 e. The molecule has 0 amide bonds. The van der Waals surface area contributed by atoms with Crippen LogP contribution in [0.15, 0.2) is 0 Å². The molecule has 1 radical (unpaired) electrons. The highest BCUT2D eigenvalue weighted by atomic mass is 16.5. The van der Waals surface area contributed by atoms with Gasteiger partial charge in [-0.2, -0.15) is 0 Å². The number of hydrogen-bond acceptors (Lipinski definition) is 1. The van der Waals surface area contributed by atoms with Gasteiger partial charge in [0.1, 0.15) is 0 Å². The van der Waals surface area contributed by atoms with E-state index in [1.807, 2.05) is 0 Å². The van der Waals surface area contributed by atoms with E-state index in [0.717, 1.165) is 0 Å². The van der Waals surface area contributed by atoms with Crippen LogP contribution in [0.1, 0.15) is 78.1 Å². The van der Waals surface area contributed by atoms with Crippen LogP contribution in [0.3, 0.4) is 0 Å². The van der Waals surface area contributed by atoms with Gasteiger partial charge in [0.25, 0.3) is 0 Å². The summed E-state index contributed by atoms with van der Waals surface area (Å²) in [5, 5.41) is 0. The predicted molar refractivity (Wildman–Crippen MR) is 67.7 cm³/mol. The maximum absolute atomic E-state index is 5.23. The van der Waals surface area contributed by atoms with E-state index in [-0.39, 0.29) is 0 Å². The highest BCUT2D eigenvalue weighted by molar-refractivity contribution is 4.58. The molecule has 0 bridgehead atoms. The highest BCUT2D eigenvalue weighted by Crippen LogP contribution is 2.14. The fraction of sp³-hybridized carbons (Fsp3) is 0.929. The van der Waals surface area contributed by atoms with Gasteiger partial charge in [-0.15, -0.1) is 0 Å². The maximum atomic E-state index is 5.23. The number of rotatable bonds is 11. The van der Waals surface area contributed by atoms with E-state index >= 15 is 0 Å². The molecule has 0 fully saturated rings. The third kappa shape index (κ3) is 10.2. The number of hydrogen-bond donors (Lipinski definition) is 0. The second-order valence-corrected chi connectivity index (χ2v) is 4.49. The largest absolute Gasteiger partial charge is 0.376 e. The molecule has 0 aromatic heterocycles. The first-order chi connectivity index (χ1) is 7.35. The average Bonchev–Trinajstić information content (AvgIpc) is 2.27. The lowest BCUT2D eigenvalue weighted by molar-refractivity contribution is 0.115. The standard InChI is InChI=1S/C14H29O/c1-4-6-8-9-10-11-13-14(15-3)12-7-5-2/h14H,3-13H2,1-2H3. The van der Waals surface area contributed by atoms with E-state index in [0.29, 0.717) is 6.10 Å². The Balaban J connectivity index is 3.22. The van der Waals surface area contributed by atoms with Gasteiger partial charge in [0, 0.05) is 0 Å². The van der Waals surface area contributed by atoms with Gasteiger partial charge in [-0.05, 0) is 12.8 Å². The minimum Gasteiger partial charge on any atom is -0.376 e. The van der Waals surface area contributed by atoms with Crippen molar-refractivity contribution >= 4 is 0 Å². The maximum Gasteiger partial charge on any atom is 0.0704 e. The zero-order valence-corrected chi connectivity index (χ0v) is 10.8. The molecule has 0 aliphatic carbocycles. The summed E-state index contributed by atoms with van der Waals surface area (Å²) in [6.07, 6.45) is 13.5. The van der Waals surface area contributed by atoms with Gasteiger partial charge < -0.3 is 4.74 Å². The number of ether oxygens (including phenoxy) is 1. The van der Waals surface area contributed by atoms with Crippen molar-refractivity contribution in [3.63, 3.8) is 0 Å². The molecule has 1 nitrogen and oxygen atoms in total. The molecule has 0 aromatic carbocycles. The second kappa shape index (κ2) is 12.0. The molecular formula is C14H29O. The van der Waals surface area contributed by atoms with Crippen molar-refractivity contribution in [1.82, 2.24) is 0 Å². The molecule has 91 valence electrons. The van der Waals surface area contributed by atoms with Crippen molar-refractivity contribution < 1.29 is 4.74 Å². The van der Waals surface area contributed by atoms with Crippen LogP contribution in [0.25, 0.3) is 0 Å². The fourth-order valence-electron chi connectivity index (χ4n) is 1.90. The van der Waals surface area contributed by atoms with E-state index in [2.05, 4.69) is 21.0 Å². The van der Waals surface area contributed by atoms with E-state index in [9.17, 15) is 0 Å². The van der Waals surface area contributed by atoms with Crippen molar-refractivity contribution in [2.75, 3.05) is 0 Å². The minimum atomic E-state index is 0.413. The molecule has 0 heterocycles. The number of unbranched alkanes of at least 4 members (excludes halogenated alkanes) is 6. The molecule has 0 saturated carbocycles. The summed E-state index contributed by atoms with van der Waals surface area (Å²) in [6, 6.07) is 0. The summed E-state index contributed by atoms with van der Waals surface area (Å²) < 4.78 is 5.23. The van der Waals surface area contributed by atoms with Crippen LogP contribution < -0.4 is 0 Å². The first-order valence-corrected chi connectivity index (χ1v) is 6.76. The van der Waals surface area contributed by atoms with Crippen LogP contribution in [0.5, 0.6) is 0 Å². The van der Waals surface area contributed by atoms with Crippen LogP contribution in [-0.2, 0) is 4.74 Å². The highest BCUT2D eigenvalue weighted by Gasteiger charge is 2.05. The summed E-state index contributed by atoms with van der Waals surface area (Å²) in [5.74, 6) is 0. The molecule has 1 heteroatoms. The van der Waals surface area contributed by atoms with Gasteiger partial charge >= 0.3 is 0 Å². The van der Waals surface area contributed by atoms with Crippen molar-refractivity contribution in [2.24, 2.45) is 0 Å². The fourth-order valence-corrected chi connectivity index (χ4v) is 1.90. The van der Waals surface area contributed by atoms with Crippen LogP contribution in [0.4, 0.5) is 0 Å². The molecular weight excluding hydrogens is 184 g/mol. The third-order valence-electron chi connectivity index (χ3n) is 3.00. The predicted octanol–water partition coefficient (Wildman–Crippen LogP) is 5.10. The topological polar surface area (TPSA) is 9.23 Å². The van der Waals surface area contributed by atoms with E-state index in [1.54, 1.807) is 0 Å². The van der Waals surface area contributed by atoms with Gasteiger partial charge in [0.05, 0.1) is 13.2 Å². The molecule has 0 aliphatic rings. The monoisotopic (exact) mass is 213 g/mol. The lowest BCUT2D eigenvalue weighted by Crippen LogP contribution is -2.08. The van der Waals surface area contributed by atoms with Gasteiger partial charge in [0.2, 0.25) is 0 Å². The van der Waals surface area contributed by atoms with E-state index in [1.165, 1.54) is 64.2 Å². The molecule has 0 aromatic rings. The van der Waals surface area contributed by atoms with Crippen molar-refractivity contribution in [3.8, 4) is 0 Å². The lowest BCUT2D eigenvalue weighted by Gasteiger charge is -2.14. The SMILES string of the molecule is [CH2]OC(CCCC)CCCCCCCC. The van der Waals surface area contributed by atoms with Crippen LogP contribution in [-0.4, -0.2) is 6.10 Å². The molecule has 0 aliphatic heterocycles. The van der Waals surface area contributed by atoms with E-state index < -0.39 is 0 Å². The van der Waals surface area contributed by atoms with Crippen LogP contribution >= 0.6 is 0 Å². The van der Waals surface area contributed by atoms with Crippen molar-refractivity contribution in [3.05, 3.63) is 7.11 Å². The summed E-state index contributed by atoms with van der Waals surface area (Å²) in [7, 11) is 3.57. The third-order valence-corrected chi connectivity index (χ3v) is 3.00. The molecule has 1 unspecified atom stereocenters. The Morgan fingerprint density at radius 2 is 1.33 bits per heavy atom. The Bertz CT molecular complexity index is 112. The van der Waals surface area contributed by atoms with Gasteiger partial charge in [-0.3, -0.25) is 0 Å². The van der Waals surface area contributed by atoms with Gasteiger partial charge in [-0.1, -0.05) is 65.2 Å². The molecule has 0 N–H and O–H groups in total. The Labute approximate surface area is 96.6 Å². The normalized spacial score (nSPS) is 13.0. The Morgan fingerprint density at radius 1 is 0.800 bits per heavy atom. The molecule has 0 spiro atoms. The van der Waals surface area contributed by atoms with Gasteiger partial charge in [0.15, 0.2) is 0 Å². The van der Waals surface area contributed by atoms with Crippen molar-refractivity contribution in [1.29, 1.82) is 0 Å². The summed E-state index contributed by atoms with van der Waals surface area (Å²) >= 11 is 0. The molecule has 1 atom stereocenters. The summed E-state index contributed by atoms with van der Waals surface area (Å²) in [6.45, 7) is 4.49. The molecule has 0 saturated heterocycles. The van der Waals surface area contributed by atoms with Crippen molar-refractivity contribution in [2.45, 2.75) is 84.2 Å².